The number of hydrogen-bond donors (Lipinski definition) is 1. The van der Waals surface area contributed by atoms with Crippen LogP contribution in [0.3, 0.4) is 0 Å². The van der Waals surface area contributed by atoms with Crippen molar-refractivity contribution in [1.29, 1.82) is 5.26 Å². The summed E-state index contributed by atoms with van der Waals surface area (Å²) in [7, 11) is 0. The third-order valence-electron chi connectivity index (χ3n) is 2.64. The number of hydrogen-bond acceptors (Lipinski definition) is 2. The zero-order chi connectivity index (χ0) is 14.7. The van der Waals surface area contributed by atoms with Crippen LogP contribution < -0.4 is 5.32 Å². The van der Waals surface area contributed by atoms with Crippen LogP contribution in [0.25, 0.3) is 0 Å². The number of nitrogens with one attached hydrogen (secondary N) is 1. The van der Waals surface area contributed by atoms with Gasteiger partial charge in [0.25, 0.3) is 0 Å². The van der Waals surface area contributed by atoms with Crippen molar-refractivity contribution >= 4 is 5.69 Å². The fourth-order valence-electron chi connectivity index (χ4n) is 1.65. The Morgan fingerprint density at radius 3 is 2.15 bits per heavy atom. The number of nitriles is 1. The van der Waals surface area contributed by atoms with Gasteiger partial charge in [-0.3, -0.25) is 0 Å². The van der Waals surface area contributed by atoms with Crippen LogP contribution in [0.15, 0.2) is 30.3 Å². The van der Waals surface area contributed by atoms with E-state index in [-0.39, 0.29) is 17.7 Å². The highest BCUT2D eigenvalue weighted by Crippen LogP contribution is 2.21. The predicted octanol–water partition coefficient (Wildman–Crippen LogP) is 3.73. The Hall–Kier alpha value is -2.55. The summed E-state index contributed by atoms with van der Waals surface area (Å²) < 4.78 is 53.0. The zero-order valence-electron chi connectivity index (χ0n) is 10.1. The molecule has 0 saturated carbocycles. The minimum atomic E-state index is -1.10. The Kier molecular flexibility index (Phi) is 3.89. The number of rotatable bonds is 3. The van der Waals surface area contributed by atoms with Crippen molar-refractivity contribution in [3.63, 3.8) is 0 Å². The van der Waals surface area contributed by atoms with Gasteiger partial charge in [-0.05, 0) is 12.1 Å². The second-order valence-corrected chi connectivity index (χ2v) is 4.02. The fraction of sp³-hybridized carbons (Fsp3) is 0.0714. The molecule has 2 rings (SSSR count). The molecule has 0 spiro atoms. The molecule has 102 valence electrons. The van der Waals surface area contributed by atoms with Gasteiger partial charge >= 0.3 is 0 Å². The molecule has 0 aromatic heterocycles. The Balaban J connectivity index is 2.20. The Labute approximate surface area is 112 Å². The van der Waals surface area contributed by atoms with Crippen molar-refractivity contribution in [2.24, 2.45) is 0 Å². The van der Waals surface area contributed by atoms with Gasteiger partial charge in [0.1, 0.15) is 17.3 Å². The van der Waals surface area contributed by atoms with E-state index in [1.807, 2.05) is 0 Å². The SMILES string of the molecule is N#Cc1ccc(CNc2c(F)cc(F)cc2F)c(F)c1. The third kappa shape index (κ3) is 2.88. The lowest BCUT2D eigenvalue weighted by molar-refractivity contribution is 0.546. The van der Waals surface area contributed by atoms with Crippen LogP contribution in [-0.4, -0.2) is 0 Å². The first-order valence-corrected chi connectivity index (χ1v) is 5.58. The largest absolute Gasteiger partial charge is 0.376 e. The van der Waals surface area contributed by atoms with Gasteiger partial charge in [0.15, 0.2) is 11.6 Å². The average molecular weight is 280 g/mol. The summed E-state index contributed by atoms with van der Waals surface area (Å²) in [5, 5.41) is 11.0. The minimum Gasteiger partial charge on any atom is -0.376 e. The molecule has 0 aliphatic heterocycles. The summed E-state index contributed by atoms with van der Waals surface area (Å²) >= 11 is 0. The molecule has 0 heterocycles. The average Bonchev–Trinajstić information content (AvgIpc) is 2.39. The van der Waals surface area contributed by atoms with E-state index >= 15 is 0 Å². The van der Waals surface area contributed by atoms with Crippen LogP contribution in [-0.2, 0) is 6.54 Å². The standard InChI is InChI=1S/C14H8F4N2/c15-10-4-12(17)14(13(18)5-10)20-7-9-2-1-8(6-19)3-11(9)16/h1-5,20H,7H2. The molecule has 0 amide bonds. The topological polar surface area (TPSA) is 35.8 Å². The Bertz CT molecular complexity index is 669. The lowest BCUT2D eigenvalue weighted by Crippen LogP contribution is -2.06. The van der Waals surface area contributed by atoms with E-state index in [2.05, 4.69) is 5.32 Å². The molecular formula is C14H8F4N2. The summed E-state index contributed by atoms with van der Waals surface area (Å²) in [6, 6.07) is 6.57. The first kappa shape index (κ1) is 13.9. The smallest absolute Gasteiger partial charge is 0.152 e. The zero-order valence-corrected chi connectivity index (χ0v) is 10.1. The molecule has 0 aliphatic rings. The molecule has 0 saturated heterocycles. The molecule has 2 nitrogen and oxygen atoms in total. The normalized spacial score (nSPS) is 10.2. The van der Waals surface area contributed by atoms with E-state index in [4.69, 9.17) is 5.26 Å². The van der Waals surface area contributed by atoms with Crippen LogP contribution in [0.2, 0.25) is 0 Å². The second kappa shape index (κ2) is 5.61. The van der Waals surface area contributed by atoms with Crippen molar-refractivity contribution in [1.82, 2.24) is 0 Å². The first-order chi connectivity index (χ1) is 9.51. The third-order valence-corrected chi connectivity index (χ3v) is 2.64. The first-order valence-electron chi connectivity index (χ1n) is 5.58. The van der Waals surface area contributed by atoms with Crippen molar-refractivity contribution in [2.75, 3.05) is 5.32 Å². The van der Waals surface area contributed by atoms with Gasteiger partial charge in [-0.25, -0.2) is 17.6 Å². The molecule has 0 aliphatic carbocycles. The number of halogens is 4. The summed E-state index contributed by atoms with van der Waals surface area (Å²) in [5.41, 5.74) is -0.257. The highest BCUT2D eigenvalue weighted by atomic mass is 19.1. The molecular weight excluding hydrogens is 272 g/mol. The minimum absolute atomic E-state index is 0.132. The van der Waals surface area contributed by atoms with Crippen LogP contribution in [0, 0.1) is 34.6 Å². The molecule has 0 atom stereocenters. The molecule has 0 radical (unpaired) electrons. The predicted molar refractivity (Wildman–Crippen MR) is 64.8 cm³/mol. The quantitative estimate of drug-likeness (QED) is 0.870. The molecule has 6 heteroatoms. The molecule has 0 bridgehead atoms. The monoisotopic (exact) mass is 280 g/mol. The molecule has 20 heavy (non-hydrogen) atoms. The number of anilines is 1. The van der Waals surface area contributed by atoms with Gasteiger partial charge in [0, 0.05) is 24.2 Å². The van der Waals surface area contributed by atoms with Gasteiger partial charge in [0.2, 0.25) is 0 Å². The molecule has 2 aromatic carbocycles. The van der Waals surface area contributed by atoms with Gasteiger partial charge in [-0.1, -0.05) is 6.07 Å². The number of benzene rings is 2. The van der Waals surface area contributed by atoms with E-state index in [0.717, 1.165) is 6.07 Å². The molecule has 0 unspecified atom stereocenters. The van der Waals surface area contributed by atoms with E-state index < -0.39 is 29.0 Å². The second-order valence-electron chi connectivity index (χ2n) is 4.02. The maximum Gasteiger partial charge on any atom is 0.152 e. The van der Waals surface area contributed by atoms with Crippen molar-refractivity contribution < 1.29 is 17.6 Å². The van der Waals surface area contributed by atoms with Crippen molar-refractivity contribution in [3.8, 4) is 6.07 Å². The van der Waals surface area contributed by atoms with Gasteiger partial charge < -0.3 is 5.32 Å². The molecule has 0 fully saturated rings. The lowest BCUT2D eigenvalue weighted by atomic mass is 10.1. The van der Waals surface area contributed by atoms with E-state index in [0.29, 0.717) is 12.1 Å². The van der Waals surface area contributed by atoms with Crippen LogP contribution in [0.1, 0.15) is 11.1 Å². The fourth-order valence-corrected chi connectivity index (χ4v) is 1.65. The highest BCUT2D eigenvalue weighted by molar-refractivity contribution is 5.47. The van der Waals surface area contributed by atoms with E-state index in [9.17, 15) is 17.6 Å². The maximum atomic E-state index is 13.6. The molecule has 2 aromatic rings. The summed E-state index contributed by atoms with van der Waals surface area (Å²) in [6.07, 6.45) is 0. The van der Waals surface area contributed by atoms with Gasteiger partial charge in [0.05, 0.1) is 11.6 Å². The molecule has 1 N–H and O–H groups in total. The van der Waals surface area contributed by atoms with Crippen LogP contribution >= 0.6 is 0 Å². The summed E-state index contributed by atoms with van der Waals surface area (Å²) in [6.45, 7) is -0.197. The maximum absolute atomic E-state index is 13.6. The van der Waals surface area contributed by atoms with Crippen LogP contribution in [0.4, 0.5) is 23.2 Å². The van der Waals surface area contributed by atoms with Crippen LogP contribution in [0.5, 0.6) is 0 Å². The van der Waals surface area contributed by atoms with Crippen molar-refractivity contribution in [2.45, 2.75) is 6.54 Å². The lowest BCUT2D eigenvalue weighted by Gasteiger charge is -2.09. The number of nitrogens with zero attached hydrogens (tertiary/aromatic N) is 1. The summed E-state index contributed by atoms with van der Waals surface area (Å²) in [4.78, 5) is 0. The van der Waals surface area contributed by atoms with E-state index in [1.54, 1.807) is 6.07 Å². The van der Waals surface area contributed by atoms with Gasteiger partial charge in [-0.15, -0.1) is 0 Å². The van der Waals surface area contributed by atoms with Crippen molar-refractivity contribution in [3.05, 3.63) is 64.7 Å². The van der Waals surface area contributed by atoms with E-state index in [1.165, 1.54) is 12.1 Å². The highest BCUT2D eigenvalue weighted by Gasteiger charge is 2.12. The summed E-state index contributed by atoms with van der Waals surface area (Å²) in [5.74, 6) is -3.90. The Morgan fingerprint density at radius 1 is 0.950 bits per heavy atom. The Morgan fingerprint density at radius 2 is 1.60 bits per heavy atom. The van der Waals surface area contributed by atoms with Gasteiger partial charge in [-0.2, -0.15) is 5.26 Å².